The Hall–Kier alpha value is -7.95. The molecule has 0 N–H and O–H groups in total. The third-order valence-electron chi connectivity index (χ3n) is 11.9. The topological polar surface area (TPSA) is 24.3 Å². The Labute approximate surface area is 370 Å². The first-order valence-electron chi connectivity index (χ1n) is 21.6. The van der Waals surface area contributed by atoms with Gasteiger partial charge in [0.15, 0.2) is 0 Å². The average molecular weight is 813 g/mol. The molecule has 0 atom stereocenters. The van der Waals surface area contributed by atoms with Crippen LogP contribution in [0.3, 0.4) is 0 Å². The second-order valence-corrected chi connectivity index (χ2v) is 16.5. The van der Waals surface area contributed by atoms with Gasteiger partial charge in [0.2, 0.25) is 0 Å². The van der Waals surface area contributed by atoms with E-state index in [1.165, 1.54) is 22.3 Å². The fourth-order valence-corrected chi connectivity index (χ4v) is 8.42. The Balaban J connectivity index is 1.10. The molecule has 0 unspecified atom stereocenters. The Bertz CT molecular complexity index is 2900. The molecule has 0 radical (unpaired) electrons. The number of benzene rings is 9. The minimum absolute atomic E-state index is 0.897. The van der Waals surface area contributed by atoms with Crippen molar-refractivity contribution in [3.8, 4) is 39.3 Å². The molecule has 9 aromatic carbocycles. The molecule has 0 aliphatic rings. The Morgan fingerprint density at radius 3 is 1.05 bits per heavy atom. The van der Waals surface area contributed by atoms with Crippen molar-refractivity contribution in [1.29, 1.82) is 0 Å². The minimum Gasteiger partial charge on any atom is -0.311 e. The molecule has 0 saturated heterocycles. The summed E-state index contributed by atoms with van der Waals surface area (Å²) in [6.07, 6.45) is 0. The largest absolute Gasteiger partial charge is 0.311 e. The lowest BCUT2D eigenvalue weighted by atomic mass is 9.95. The summed E-state index contributed by atoms with van der Waals surface area (Å²) in [6.45, 7) is 8.52. The van der Waals surface area contributed by atoms with Gasteiger partial charge in [-0.25, -0.2) is 4.98 Å². The molecular weight excluding hydrogens is 765 g/mol. The van der Waals surface area contributed by atoms with Crippen molar-refractivity contribution in [1.82, 2.24) is 9.55 Å². The van der Waals surface area contributed by atoms with Crippen molar-refractivity contribution in [3.63, 3.8) is 0 Å². The number of nitrogens with zero attached hydrogens (tertiary/aromatic N) is 4. The van der Waals surface area contributed by atoms with Crippen molar-refractivity contribution in [2.24, 2.45) is 0 Å². The molecule has 0 fully saturated rings. The highest BCUT2D eigenvalue weighted by atomic mass is 15.1. The third-order valence-corrected chi connectivity index (χ3v) is 11.9. The molecule has 10 rings (SSSR count). The summed E-state index contributed by atoms with van der Waals surface area (Å²) in [5.74, 6) is 0.897. The predicted octanol–water partition coefficient (Wildman–Crippen LogP) is 16.2. The van der Waals surface area contributed by atoms with Gasteiger partial charge in [-0.2, -0.15) is 0 Å². The maximum absolute atomic E-state index is 5.31. The van der Waals surface area contributed by atoms with Gasteiger partial charge in [-0.1, -0.05) is 125 Å². The molecule has 10 aromatic rings. The molecule has 1 aromatic heterocycles. The molecule has 0 aliphatic carbocycles. The van der Waals surface area contributed by atoms with Gasteiger partial charge in [0.05, 0.1) is 11.0 Å². The first-order chi connectivity index (χ1) is 30.8. The molecule has 304 valence electrons. The first-order valence-corrected chi connectivity index (χ1v) is 21.6. The zero-order valence-corrected chi connectivity index (χ0v) is 36.1. The van der Waals surface area contributed by atoms with E-state index < -0.39 is 0 Å². The van der Waals surface area contributed by atoms with E-state index in [2.05, 4.69) is 260 Å². The molecule has 0 bridgehead atoms. The van der Waals surface area contributed by atoms with Gasteiger partial charge in [0.25, 0.3) is 0 Å². The van der Waals surface area contributed by atoms with Gasteiger partial charge in [0.1, 0.15) is 5.82 Å². The summed E-state index contributed by atoms with van der Waals surface area (Å²) in [4.78, 5) is 9.96. The third kappa shape index (κ3) is 8.03. The van der Waals surface area contributed by atoms with Crippen LogP contribution in [0.1, 0.15) is 22.3 Å². The number of fused-ring (bicyclic) bond motifs is 1. The van der Waals surface area contributed by atoms with E-state index in [1.54, 1.807) is 0 Å². The number of hydrogen-bond donors (Lipinski definition) is 0. The molecular formula is C59H48N4. The second kappa shape index (κ2) is 16.8. The zero-order chi connectivity index (χ0) is 42.9. The van der Waals surface area contributed by atoms with E-state index in [0.29, 0.717) is 0 Å². The standard InChI is InChI=1S/C59H48N4/c1-41-14-26-51(27-15-41)61(52-28-16-42(2)17-29-52)55-34-22-45(23-35-55)47-38-48(40-49(39-47)59-60-57-12-8-9-13-58(57)63(59)50-10-6-5-7-11-50)46-24-36-56(37-25-46)62(53-30-18-43(3)19-31-53)54-32-20-44(4)21-33-54/h5-40H,1-4H3. The summed E-state index contributed by atoms with van der Waals surface area (Å²) in [6, 6.07) is 78.8. The second-order valence-electron chi connectivity index (χ2n) is 16.5. The van der Waals surface area contributed by atoms with Crippen molar-refractivity contribution in [2.45, 2.75) is 27.7 Å². The van der Waals surface area contributed by atoms with E-state index in [9.17, 15) is 0 Å². The van der Waals surface area contributed by atoms with Crippen LogP contribution < -0.4 is 9.80 Å². The van der Waals surface area contributed by atoms with Crippen LogP contribution in [0, 0.1) is 27.7 Å². The number of aryl methyl sites for hydroxylation is 4. The molecule has 0 amide bonds. The SMILES string of the molecule is Cc1ccc(N(c2ccc(C)cc2)c2ccc(-c3cc(-c4ccc(N(c5ccc(C)cc5)c5ccc(C)cc5)cc4)cc(-c4nc5ccccc5n4-c4ccccc4)c3)cc2)cc1. The number of para-hydroxylation sites is 3. The monoisotopic (exact) mass is 812 g/mol. The number of hydrogen-bond acceptors (Lipinski definition) is 3. The molecule has 0 saturated carbocycles. The molecule has 1 heterocycles. The summed E-state index contributed by atoms with van der Waals surface area (Å²) in [7, 11) is 0. The van der Waals surface area contributed by atoms with Gasteiger partial charge in [0, 0.05) is 45.4 Å². The van der Waals surface area contributed by atoms with E-state index in [1.807, 2.05) is 0 Å². The molecule has 0 spiro atoms. The Kier molecular flexibility index (Phi) is 10.5. The van der Waals surface area contributed by atoms with Gasteiger partial charge in [-0.05, 0) is 165 Å². The van der Waals surface area contributed by atoms with Crippen LogP contribution in [0.5, 0.6) is 0 Å². The maximum Gasteiger partial charge on any atom is 0.145 e. The van der Waals surface area contributed by atoms with Gasteiger partial charge in [-0.15, -0.1) is 0 Å². The lowest BCUT2D eigenvalue weighted by molar-refractivity contribution is 1.10. The summed E-state index contributed by atoms with van der Waals surface area (Å²) in [5.41, 5.74) is 20.2. The first kappa shape index (κ1) is 39.2. The highest BCUT2D eigenvalue weighted by molar-refractivity contribution is 5.88. The fraction of sp³-hybridized carbons (Fsp3) is 0.0678. The molecule has 63 heavy (non-hydrogen) atoms. The van der Waals surface area contributed by atoms with E-state index in [0.717, 1.165) is 84.5 Å². The van der Waals surface area contributed by atoms with E-state index in [-0.39, 0.29) is 0 Å². The zero-order valence-electron chi connectivity index (χ0n) is 36.1. The molecule has 4 heteroatoms. The summed E-state index contributed by atoms with van der Waals surface area (Å²) in [5, 5.41) is 0. The van der Waals surface area contributed by atoms with E-state index >= 15 is 0 Å². The van der Waals surface area contributed by atoms with Crippen LogP contribution in [0.2, 0.25) is 0 Å². The number of imidazole rings is 1. The lowest BCUT2D eigenvalue weighted by Crippen LogP contribution is -2.09. The Morgan fingerprint density at radius 1 is 0.317 bits per heavy atom. The quantitative estimate of drug-likeness (QED) is 0.137. The van der Waals surface area contributed by atoms with Crippen molar-refractivity contribution < 1.29 is 0 Å². The smallest absolute Gasteiger partial charge is 0.145 e. The van der Waals surface area contributed by atoms with Crippen molar-refractivity contribution in [2.75, 3.05) is 9.80 Å². The fourth-order valence-electron chi connectivity index (χ4n) is 8.42. The van der Waals surface area contributed by atoms with Gasteiger partial charge < -0.3 is 9.80 Å². The van der Waals surface area contributed by atoms with Gasteiger partial charge >= 0.3 is 0 Å². The number of aromatic nitrogens is 2. The lowest BCUT2D eigenvalue weighted by Gasteiger charge is -2.26. The van der Waals surface area contributed by atoms with Crippen molar-refractivity contribution >= 4 is 45.2 Å². The summed E-state index contributed by atoms with van der Waals surface area (Å²) < 4.78 is 2.28. The highest BCUT2D eigenvalue weighted by Gasteiger charge is 2.19. The normalized spacial score (nSPS) is 11.2. The van der Waals surface area contributed by atoms with Crippen LogP contribution in [0.25, 0.3) is 50.4 Å². The van der Waals surface area contributed by atoms with Gasteiger partial charge in [-0.3, -0.25) is 4.57 Å². The predicted molar refractivity (Wildman–Crippen MR) is 266 cm³/mol. The number of anilines is 6. The Morgan fingerprint density at radius 2 is 0.651 bits per heavy atom. The van der Waals surface area contributed by atoms with E-state index in [4.69, 9.17) is 4.98 Å². The van der Waals surface area contributed by atoms with Crippen LogP contribution in [-0.4, -0.2) is 9.55 Å². The minimum atomic E-state index is 0.897. The number of rotatable bonds is 10. The van der Waals surface area contributed by atoms with Crippen LogP contribution in [-0.2, 0) is 0 Å². The van der Waals surface area contributed by atoms with Crippen LogP contribution >= 0.6 is 0 Å². The highest BCUT2D eigenvalue weighted by Crippen LogP contribution is 2.40. The van der Waals surface area contributed by atoms with Crippen LogP contribution in [0.4, 0.5) is 34.1 Å². The maximum atomic E-state index is 5.31. The van der Waals surface area contributed by atoms with Crippen molar-refractivity contribution in [3.05, 3.63) is 241 Å². The molecule has 0 aliphatic heterocycles. The average Bonchev–Trinajstić information content (AvgIpc) is 3.72. The summed E-state index contributed by atoms with van der Waals surface area (Å²) >= 11 is 0. The van der Waals surface area contributed by atoms with Crippen LogP contribution in [0.15, 0.2) is 218 Å². The molecule has 4 nitrogen and oxygen atoms in total.